The lowest BCUT2D eigenvalue weighted by Crippen LogP contribution is -2.30. The Kier molecular flexibility index (Phi) is 6.89. The van der Waals surface area contributed by atoms with Crippen molar-refractivity contribution in [3.8, 4) is 5.75 Å². The quantitative estimate of drug-likeness (QED) is 0.458. The summed E-state index contributed by atoms with van der Waals surface area (Å²) in [4.78, 5) is 27.4. The molecule has 1 aliphatic rings. The molecule has 1 aliphatic heterocycles. The third-order valence-electron chi connectivity index (χ3n) is 5.79. The molecule has 4 rings (SSSR count). The van der Waals surface area contributed by atoms with E-state index in [9.17, 15) is 9.59 Å². The number of rotatable bonds is 7. The van der Waals surface area contributed by atoms with E-state index in [0.717, 1.165) is 16.9 Å². The molecule has 1 atom stereocenters. The van der Waals surface area contributed by atoms with Crippen LogP contribution in [-0.4, -0.2) is 30.4 Å². The van der Waals surface area contributed by atoms with Crippen molar-refractivity contribution in [3.63, 3.8) is 0 Å². The molecule has 0 aromatic heterocycles. The van der Waals surface area contributed by atoms with Gasteiger partial charge in [-0.2, -0.15) is 0 Å². The van der Waals surface area contributed by atoms with Crippen molar-refractivity contribution in [2.45, 2.75) is 25.9 Å². The molecule has 0 N–H and O–H groups in total. The lowest BCUT2D eigenvalue weighted by Gasteiger charge is -2.35. The van der Waals surface area contributed by atoms with Gasteiger partial charge in [-0.05, 0) is 47.9 Å². The van der Waals surface area contributed by atoms with Crippen molar-refractivity contribution in [2.24, 2.45) is 0 Å². The number of allylic oxidation sites excluding steroid dienone is 1. The van der Waals surface area contributed by atoms with E-state index in [0.29, 0.717) is 30.7 Å². The van der Waals surface area contributed by atoms with Gasteiger partial charge in [0, 0.05) is 24.7 Å². The van der Waals surface area contributed by atoms with Crippen LogP contribution in [0.3, 0.4) is 0 Å². The van der Waals surface area contributed by atoms with Gasteiger partial charge in [-0.3, -0.25) is 4.79 Å². The predicted octanol–water partition coefficient (Wildman–Crippen LogP) is 5.43. The first-order chi connectivity index (χ1) is 16.1. The van der Waals surface area contributed by atoms with Gasteiger partial charge in [0.1, 0.15) is 5.75 Å². The molecule has 3 aromatic carbocycles. The number of hydrogen-bond donors (Lipinski definition) is 0. The standard InChI is InChI=1S/C28H27NO4/c1-3-33-28(31)23-11-9-21(10-12-23)25-19-29(18-20-7-5-4-6-8-20)26(17-27(25)30)22-13-15-24(32-2)16-14-22/h4-16,19,26H,3,17-18H2,1-2H3. The van der Waals surface area contributed by atoms with Gasteiger partial charge >= 0.3 is 5.97 Å². The van der Waals surface area contributed by atoms with Crippen LogP contribution in [0.4, 0.5) is 0 Å². The smallest absolute Gasteiger partial charge is 0.338 e. The van der Waals surface area contributed by atoms with Crippen molar-refractivity contribution < 1.29 is 19.1 Å². The SMILES string of the molecule is CCOC(=O)c1ccc(C2=CN(Cc3ccccc3)C(c3ccc(OC)cc3)CC2=O)cc1. The van der Waals surface area contributed by atoms with E-state index in [-0.39, 0.29) is 17.8 Å². The lowest BCUT2D eigenvalue weighted by atomic mass is 9.89. The van der Waals surface area contributed by atoms with Gasteiger partial charge in [0.15, 0.2) is 5.78 Å². The Morgan fingerprint density at radius 3 is 2.30 bits per heavy atom. The number of benzene rings is 3. The number of nitrogens with zero attached hydrogens (tertiary/aromatic N) is 1. The lowest BCUT2D eigenvalue weighted by molar-refractivity contribution is -0.115. The molecular weight excluding hydrogens is 414 g/mol. The number of carbonyl (C=O) groups excluding carboxylic acids is 2. The zero-order chi connectivity index (χ0) is 23.2. The summed E-state index contributed by atoms with van der Waals surface area (Å²) in [5.74, 6) is 0.496. The van der Waals surface area contributed by atoms with Crippen molar-refractivity contribution in [3.05, 3.63) is 107 Å². The fourth-order valence-electron chi connectivity index (χ4n) is 4.05. The number of ketones is 1. The first-order valence-electron chi connectivity index (χ1n) is 11.0. The predicted molar refractivity (Wildman–Crippen MR) is 128 cm³/mol. The summed E-state index contributed by atoms with van der Waals surface area (Å²) in [5, 5.41) is 0. The summed E-state index contributed by atoms with van der Waals surface area (Å²) in [7, 11) is 1.64. The Bertz CT molecular complexity index is 1130. The van der Waals surface area contributed by atoms with Crippen molar-refractivity contribution >= 4 is 17.3 Å². The highest BCUT2D eigenvalue weighted by atomic mass is 16.5. The maximum Gasteiger partial charge on any atom is 0.338 e. The normalized spacial score (nSPS) is 15.7. The van der Waals surface area contributed by atoms with E-state index in [1.165, 1.54) is 5.56 Å². The zero-order valence-corrected chi connectivity index (χ0v) is 18.9. The minimum Gasteiger partial charge on any atom is -0.497 e. The Morgan fingerprint density at radius 1 is 0.970 bits per heavy atom. The fourth-order valence-corrected chi connectivity index (χ4v) is 4.05. The second kappa shape index (κ2) is 10.2. The molecule has 0 saturated heterocycles. The number of esters is 1. The molecule has 0 saturated carbocycles. The van der Waals surface area contributed by atoms with Gasteiger partial charge < -0.3 is 14.4 Å². The van der Waals surface area contributed by atoms with Crippen LogP contribution in [0.25, 0.3) is 5.57 Å². The molecule has 0 radical (unpaired) electrons. The van der Waals surface area contributed by atoms with Crippen LogP contribution >= 0.6 is 0 Å². The minimum absolute atomic E-state index is 0.0732. The molecule has 0 spiro atoms. The molecular formula is C28H27NO4. The molecule has 168 valence electrons. The van der Waals surface area contributed by atoms with E-state index in [1.54, 1.807) is 26.2 Å². The Morgan fingerprint density at radius 2 is 1.67 bits per heavy atom. The first-order valence-corrected chi connectivity index (χ1v) is 11.0. The summed E-state index contributed by atoms with van der Waals surface area (Å²) in [6.45, 7) is 2.78. The van der Waals surface area contributed by atoms with E-state index in [2.05, 4.69) is 17.0 Å². The molecule has 5 nitrogen and oxygen atoms in total. The second-order valence-corrected chi connectivity index (χ2v) is 7.91. The van der Waals surface area contributed by atoms with Crippen LogP contribution in [0.1, 0.15) is 46.4 Å². The summed E-state index contributed by atoms with van der Waals surface area (Å²) in [6.07, 6.45) is 2.32. The third-order valence-corrected chi connectivity index (χ3v) is 5.79. The minimum atomic E-state index is -0.363. The topological polar surface area (TPSA) is 55.8 Å². The van der Waals surface area contributed by atoms with Crippen LogP contribution in [0.2, 0.25) is 0 Å². The third kappa shape index (κ3) is 5.14. The van der Waals surface area contributed by atoms with Gasteiger partial charge in [0.05, 0.1) is 25.3 Å². The molecule has 3 aromatic rings. The molecule has 33 heavy (non-hydrogen) atoms. The molecule has 0 amide bonds. The van der Waals surface area contributed by atoms with Gasteiger partial charge in [-0.25, -0.2) is 4.79 Å². The second-order valence-electron chi connectivity index (χ2n) is 7.91. The highest BCUT2D eigenvalue weighted by molar-refractivity contribution is 6.21. The highest BCUT2D eigenvalue weighted by Gasteiger charge is 2.29. The zero-order valence-electron chi connectivity index (χ0n) is 18.9. The Hall–Kier alpha value is -3.86. The van der Waals surface area contributed by atoms with Crippen LogP contribution in [-0.2, 0) is 16.1 Å². The average Bonchev–Trinajstić information content (AvgIpc) is 2.86. The van der Waals surface area contributed by atoms with E-state index < -0.39 is 0 Å². The maximum atomic E-state index is 13.2. The van der Waals surface area contributed by atoms with Crippen molar-refractivity contribution in [1.29, 1.82) is 0 Å². The summed E-state index contributed by atoms with van der Waals surface area (Å²) >= 11 is 0. The molecule has 5 heteroatoms. The molecule has 1 unspecified atom stereocenters. The number of carbonyl (C=O) groups is 2. The number of ether oxygens (including phenoxy) is 2. The first kappa shape index (κ1) is 22.3. The summed E-state index contributed by atoms with van der Waals surface area (Å²) < 4.78 is 10.4. The molecule has 0 aliphatic carbocycles. The summed E-state index contributed by atoms with van der Waals surface area (Å²) in [5.41, 5.74) is 4.14. The monoisotopic (exact) mass is 441 g/mol. The van der Waals surface area contributed by atoms with Crippen LogP contribution < -0.4 is 4.74 Å². The molecule has 0 bridgehead atoms. The van der Waals surface area contributed by atoms with Crippen molar-refractivity contribution in [2.75, 3.05) is 13.7 Å². The number of methoxy groups -OCH3 is 1. The van der Waals surface area contributed by atoms with E-state index in [1.807, 2.05) is 60.8 Å². The van der Waals surface area contributed by atoms with Gasteiger partial charge in [-0.15, -0.1) is 0 Å². The fraction of sp³-hybridized carbons (Fsp3) is 0.214. The van der Waals surface area contributed by atoms with Crippen molar-refractivity contribution in [1.82, 2.24) is 4.90 Å². The number of Topliss-reactive ketones (excluding diaryl/α,β-unsaturated/α-hetero) is 1. The van der Waals surface area contributed by atoms with Gasteiger partial charge in [0.2, 0.25) is 0 Å². The van der Waals surface area contributed by atoms with Gasteiger partial charge in [-0.1, -0.05) is 54.6 Å². The largest absolute Gasteiger partial charge is 0.497 e. The van der Waals surface area contributed by atoms with Crippen LogP contribution in [0, 0.1) is 0 Å². The Balaban J connectivity index is 1.67. The Labute approximate surface area is 194 Å². The maximum absolute atomic E-state index is 13.2. The molecule has 0 fully saturated rings. The van der Waals surface area contributed by atoms with Crippen LogP contribution in [0.15, 0.2) is 85.1 Å². The average molecular weight is 442 g/mol. The highest BCUT2D eigenvalue weighted by Crippen LogP contribution is 2.36. The summed E-state index contributed by atoms with van der Waals surface area (Å²) in [6, 6.07) is 25.0. The van der Waals surface area contributed by atoms with E-state index in [4.69, 9.17) is 9.47 Å². The van der Waals surface area contributed by atoms with Crippen LogP contribution in [0.5, 0.6) is 5.75 Å². The van der Waals surface area contributed by atoms with E-state index >= 15 is 0 Å². The number of hydrogen-bond acceptors (Lipinski definition) is 5. The van der Waals surface area contributed by atoms with Gasteiger partial charge in [0.25, 0.3) is 0 Å². The molecule has 1 heterocycles.